The standard InChI is InChI=1S/C9H10Cl2N2O/c1-14-7-4-13(5-7)6-2-8(10)12-9(11)3-6/h2-3,7H,4-5H2,1H3. The Balaban J connectivity index is 2.10. The molecule has 1 aromatic rings. The van der Waals surface area contributed by atoms with E-state index < -0.39 is 0 Å². The van der Waals surface area contributed by atoms with E-state index in [1.807, 2.05) is 0 Å². The van der Waals surface area contributed by atoms with Gasteiger partial charge < -0.3 is 9.64 Å². The van der Waals surface area contributed by atoms with Gasteiger partial charge in [-0.3, -0.25) is 0 Å². The summed E-state index contributed by atoms with van der Waals surface area (Å²) >= 11 is 11.6. The third-order valence-electron chi connectivity index (χ3n) is 2.29. The Kier molecular flexibility index (Phi) is 2.81. The minimum atomic E-state index is 0.320. The summed E-state index contributed by atoms with van der Waals surface area (Å²) in [5, 5.41) is 0.849. The van der Waals surface area contributed by atoms with Crippen LogP contribution in [0, 0.1) is 0 Å². The smallest absolute Gasteiger partial charge is 0.132 e. The molecule has 0 radical (unpaired) electrons. The van der Waals surface area contributed by atoms with E-state index in [2.05, 4.69) is 9.88 Å². The topological polar surface area (TPSA) is 25.4 Å². The van der Waals surface area contributed by atoms with Gasteiger partial charge >= 0.3 is 0 Å². The average molecular weight is 233 g/mol. The molecule has 0 atom stereocenters. The van der Waals surface area contributed by atoms with E-state index in [-0.39, 0.29) is 0 Å². The normalized spacial score (nSPS) is 16.9. The summed E-state index contributed by atoms with van der Waals surface area (Å²) in [7, 11) is 1.72. The first-order valence-electron chi connectivity index (χ1n) is 4.30. The average Bonchev–Trinajstić information content (AvgIpc) is 2.00. The Morgan fingerprint density at radius 2 is 1.93 bits per heavy atom. The molecule has 0 saturated carbocycles. The fourth-order valence-electron chi connectivity index (χ4n) is 1.43. The van der Waals surface area contributed by atoms with Crippen molar-refractivity contribution in [3.63, 3.8) is 0 Å². The number of methoxy groups -OCH3 is 1. The molecule has 3 nitrogen and oxygen atoms in total. The zero-order valence-electron chi connectivity index (χ0n) is 7.70. The minimum Gasteiger partial charge on any atom is -0.378 e. The lowest BCUT2D eigenvalue weighted by atomic mass is 10.1. The van der Waals surface area contributed by atoms with Crippen LogP contribution in [0.5, 0.6) is 0 Å². The molecule has 14 heavy (non-hydrogen) atoms. The molecule has 0 aromatic carbocycles. The van der Waals surface area contributed by atoms with Crippen LogP contribution in [0.4, 0.5) is 5.69 Å². The maximum atomic E-state index is 5.79. The van der Waals surface area contributed by atoms with E-state index in [0.717, 1.165) is 18.8 Å². The number of anilines is 1. The van der Waals surface area contributed by atoms with Gasteiger partial charge in [0.05, 0.1) is 6.10 Å². The highest BCUT2D eigenvalue weighted by atomic mass is 35.5. The summed E-state index contributed by atoms with van der Waals surface area (Å²) in [5.74, 6) is 0. The number of aromatic nitrogens is 1. The van der Waals surface area contributed by atoms with Crippen LogP contribution in [0.3, 0.4) is 0 Å². The third kappa shape index (κ3) is 1.95. The fraction of sp³-hybridized carbons (Fsp3) is 0.444. The Morgan fingerprint density at radius 3 is 2.43 bits per heavy atom. The van der Waals surface area contributed by atoms with Crippen molar-refractivity contribution < 1.29 is 4.74 Å². The third-order valence-corrected chi connectivity index (χ3v) is 2.68. The van der Waals surface area contributed by atoms with Crippen molar-refractivity contribution in [1.29, 1.82) is 0 Å². The molecule has 0 amide bonds. The van der Waals surface area contributed by atoms with Crippen LogP contribution < -0.4 is 4.90 Å². The van der Waals surface area contributed by atoms with E-state index in [4.69, 9.17) is 27.9 Å². The Morgan fingerprint density at radius 1 is 1.36 bits per heavy atom. The van der Waals surface area contributed by atoms with E-state index >= 15 is 0 Å². The first-order chi connectivity index (χ1) is 6.69. The number of hydrogen-bond donors (Lipinski definition) is 0. The number of ether oxygens (including phenoxy) is 1. The van der Waals surface area contributed by atoms with Gasteiger partial charge in [-0.25, -0.2) is 4.98 Å². The van der Waals surface area contributed by atoms with Gasteiger partial charge in [0.25, 0.3) is 0 Å². The molecule has 0 unspecified atom stereocenters. The second-order valence-corrected chi connectivity index (χ2v) is 4.01. The zero-order chi connectivity index (χ0) is 10.1. The molecule has 0 N–H and O–H groups in total. The van der Waals surface area contributed by atoms with Crippen molar-refractivity contribution >= 4 is 28.9 Å². The summed E-state index contributed by atoms with van der Waals surface area (Å²) in [6.45, 7) is 1.76. The highest BCUT2D eigenvalue weighted by Gasteiger charge is 2.26. The molecule has 2 rings (SSSR count). The Bertz CT molecular complexity index is 319. The molecule has 1 fully saturated rings. The minimum absolute atomic E-state index is 0.320. The first-order valence-corrected chi connectivity index (χ1v) is 5.05. The van der Waals surface area contributed by atoms with Gasteiger partial charge in [-0.05, 0) is 12.1 Å². The monoisotopic (exact) mass is 232 g/mol. The van der Waals surface area contributed by atoms with Gasteiger partial charge in [0.15, 0.2) is 0 Å². The van der Waals surface area contributed by atoms with Gasteiger partial charge in [0.1, 0.15) is 10.3 Å². The molecule has 0 bridgehead atoms. The van der Waals surface area contributed by atoms with Gasteiger partial charge in [-0.15, -0.1) is 0 Å². The van der Waals surface area contributed by atoms with Crippen LogP contribution in [0.15, 0.2) is 12.1 Å². The summed E-state index contributed by atoms with van der Waals surface area (Å²) in [5.41, 5.74) is 1.00. The van der Waals surface area contributed by atoms with Crippen molar-refractivity contribution in [2.75, 3.05) is 25.1 Å². The predicted molar refractivity (Wildman–Crippen MR) is 57.3 cm³/mol. The maximum Gasteiger partial charge on any atom is 0.132 e. The maximum absolute atomic E-state index is 5.79. The van der Waals surface area contributed by atoms with Crippen molar-refractivity contribution in [2.45, 2.75) is 6.10 Å². The summed E-state index contributed by atoms with van der Waals surface area (Å²) in [6.07, 6.45) is 0.320. The molecular formula is C9H10Cl2N2O. The number of pyridine rings is 1. The largest absolute Gasteiger partial charge is 0.378 e. The molecule has 2 heterocycles. The quantitative estimate of drug-likeness (QED) is 0.732. The molecule has 0 aliphatic carbocycles. The van der Waals surface area contributed by atoms with Crippen LogP contribution in [-0.4, -0.2) is 31.3 Å². The van der Waals surface area contributed by atoms with Crippen molar-refractivity contribution in [3.05, 3.63) is 22.4 Å². The fourth-order valence-corrected chi connectivity index (χ4v) is 1.88. The molecule has 76 valence electrons. The van der Waals surface area contributed by atoms with Gasteiger partial charge in [-0.2, -0.15) is 0 Å². The van der Waals surface area contributed by atoms with Crippen molar-refractivity contribution in [2.24, 2.45) is 0 Å². The Hall–Kier alpha value is -0.510. The molecular weight excluding hydrogens is 223 g/mol. The van der Waals surface area contributed by atoms with E-state index in [1.54, 1.807) is 19.2 Å². The molecule has 1 aromatic heterocycles. The molecule has 1 aliphatic rings. The van der Waals surface area contributed by atoms with E-state index in [1.165, 1.54) is 0 Å². The first kappa shape index (κ1) is 10.0. The second kappa shape index (κ2) is 3.93. The summed E-state index contributed by atoms with van der Waals surface area (Å²) in [6, 6.07) is 3.61. The summed E-state index contributed by atoms with van der Waals surface area (Å²) < 4.78 is 5.18. The highest BCUT2D eigenvalue weighted by molar-refractivity contribution is 6.32. The lowest BCUT2D eigenvalue weighted by Gasteiger charge is -2.39. The van der Waals surface area contributed by atoms with Crippen LogP contribution in [0.25, 0.3) is 0 Å². The summed E-state index contributed by atoms with van der Waals surface area (Å²) in [4.78, 5) is 6.03. The number of nitrogens with zero attached hydrogens (tertiary/aromatic N) is 2. The molecule has 5 heteroatoms. The van der Waals surface area contributed by atoms with Crippen LogP contribution >= 0.6 is 23.2 Å². The van der Waals surface area contributed by atoms with E-state index in [0.29, 0.717) is 16.4 Å². The van der Waals surface area contributed by atoms with E-state index in [9.17, 15) is 0 Å². The van der Waals surface area contributed by atoms with Gasteiger partial charge in [0.2, 0.25) is 0 Å². The molecule has 1 saturated heterocycles. The lowest BCUT2D eigenvalue weighted by molar-refractivity contribution is 0.0787. The van der Waals surface area contributed by atoms with Crippen LogP contribution in [0.2, 0.25) is 10.3 Å². The van der Waals surface area contributed by atoms with Crippen LogP contribution in [0.1, 0.15) is 0 Å². The van der Waals surface area contributed by atoms with Crippen molar-refractivity contribution in [3.8, 4) is 0 Å². The van der Waals surface area contributed by atoms with Crippen molar-refractivity contribution in [1.82, 2.24) is 4.98 Å². The second-order valence-electron chi connectivity index (χ2n) is 3.23. The number of halogens is 2. The SMILES string of the molecule is COC1CN(c2cc(Cl)nc(Cl)c2)C1. The Labute approximate surface area is 92.6 Å². The van der Waals surface area contributed by atoms with Gasteiger partial charge in [0, 0.05) is 25.9 Å². The number of hydrogen-bond acceptors (Lipinski definition) is 3. The zero-order valence-corrected chi connectivity index (χ0v) is 9.22. The van der Waals surface area contributed by atoms with Crippen LogP contribution in [-0.2, 0) is 4.74 Å². The predicted octanol–water partition coefficient (Wildman–Crippen LogP) is 2.22. The molecule has 0 spiro atoms. The van der Waals surface area contributed by atoms with Gasteiger partial charge in [-0.1, -0.05) is 23.2 Å². The lowest BCUT2D eigenvalue weighted by Crippen LogP contribution is -2.51. The molecule has 1 aliphatic heterocycles. The highest BCUT2D eigenvalue weighted by Crippen LogP contribution is 2.26. The number of rotatable bonds is 2.